The Labute approximate surface area is 128 Å². The number of carbonyl (C=O) groups is 1. The van der Waals surface area contributed by atoms with E-state index in [0.717, 1.165) is 28.6 Å². The molecule has 1 aromatic carbocycles. The van der Waals surface area contributed by atoms with E-state index in [1.807, 2.05) is 36.9 Å². The first-order valence-electron chi connectivity index (χ1n) is 6.68. The minimum atomic E-state index is 0.0136. The summed E-state index contributed by atoms with van der Waals surface area (Å²) in [5.74, 6) is 1.25. The summed E-state index contributed by atoms with van der Waals surface area (Å²) in [4.78, 5) is 12.0. The molecule has 1 N–H and O–H groups in total. The second-order valence-corrected chi connectivity index (χ2v) is 6.49. The first-order chi connectivity index (χ1) is 9.15. The van der Waals surface area contributed by atoms with Gasteiger partial charge in [0.15, 0.2) is 0 Å². The third kappa shape index (κ3) is 6.48. The van der Waals surface area contributed by atoms with Crippen molar-refractivity contribution in [1.82, 2.24) is 5.32 Å². The first-order valence-corrected chi connectivity index (χ1v) is 8.87. The van der Waals surface area contributed by atoms with Crippen LogP contribution in [0, 0.1) is 6.92 Å². The lowest BCUT2D eigenvalue weighted by Gasteiger charge is -2.07. The van der Waals surface area contributed by atoms with Crippen molar-refractivity contribution in [2.75, 3.05) is 18.6 Å². The molecule has 0 fully saturated rings. The van der Waals surface area contributed by atoms with Gasteiger partial charge in [0.05, 0.1) is 5.56 Å². The van der Waals surface area contributed by atoms with Gasteiger partial charge in [0.25, 0.3) is 5.91 Å². The molecule has 0 saturated heterocycles. The maximum atomic E-state index is 12.0. The molecule has 0 aliphatic rings. The SMILES string of the molecule is CSCCCCCCNC(=O)c1cc(C)ccc1Br. The fourth-order valence-corrected chi connectivity index (χ4v) is 2.75. The van der Waals surface area contributed by atoms with Gasteiger partial charge in [-0.05, 0) is 59.8 Å². The van der Waals surface area contributed by atoms with Crippen molar-refractivity contribution in [2.45, 2.75) is 32.6 Å². The predicted molar refractivity (Wildman–Crippen MR) is 88.1 cm³/mol. The molecular formula is C15H22BrNOS. The average Bonchev–Trinajstić information content (AvgIpc) is 2.40. The minimum Gasteiger partial charge on any atom is -0.352 e. The van der Waals surface area contributed by atoms with Gasteiger partial charge >= 0.3 is 0 Å². The van der Waals surface area contributed by atoms with Crippen LogP contribution in [0.25, 0.3) is 0 Å². The first kappa shape index (κ1) is 16.6. The molecule has 0 spiro atoms. The van der Waals surface area contributed by atoms with Gasteiger partial charge in [-0.3, -0.25) is 4.79 Å². The van der Waals surface area contributed by atoms with Gasteiger partial charge in [-0.25, -0.2) is 0 Å². The van der Waals surface area contributed by atoms with Crippen LogP contribution in [-0.4, -0.2) is 24.5 Å². The molecule has 2 nitrogen and oxygen atoms in total. The van der Waals surface area contributed by atoms with E-state index in [9.17, 15) is 4.79 Å². The molecule has 0 unspecified atom stereocenters. The molecule has 106 valence electrons. The fraction of sp³-hybridized carbons (Fsp3) is 0.533. The van der Waals surface area contributed by atoms with E-state index in [1.165, 1.54) is 25.0 Å². The normalized spacial score (nSPS) is 10.5. The Bertz CT molecular complexity index is 409. The molecule has 0 saturated carbocycles. The van der Waals surface area contributed by atoms with E-state index in [4.69, 9.17) is 0 Å². The molecule has 0 bridgehead atoms. The lowest BCUT2D eigenvalue weighted by atomic mass is 10.1. The number of hydrogen-bond donors (Lipinski definition) is 1. The van der Waals surface area contributed by atoms with E-state index in [-0.39, 0.29) is 5.91 Å². The maximum Gasteiger partial charge on any atom is 0.252 e. The van der Waals surface area contributed by atoms with Gasteiger partial charge in [0, 0.05) is 11.0 Å². The molecule has 0 aliphatic carbocycles. The van der Waals surface area contributed by atoms with E-state index >= 15 is 0 Å². The van der Waals surface area contributed by atoms with E-state index < -0.39 is 0 Å². The zero-order valence-electron chi connectivity index (χ0n) is 11.7. The fourth-order valence-electron chi connectivity index (χ4n) is 1.84. The van der Waals surface area contributed by atoms with Crippen molar-refractivity contribution in [3.63, 3.8) is 0 Å². The maximum absolute atomic E-state index is 12.0. The van der Waals surface area contributed by atoms with Crippen LogP contribution < -0.4 is 5.32 Å². The van der Waals surface area contributed by atoms with Crippen molar-refractivity contribution in [1.29, 1.82) is 0 Å². The Morgan fingerprint density at radius 1 is 1.26 bits per heavy atom. The topological polar surface area (TPSA) is 29.1 Å². The Balaban J connectivity index is 2.26. The van der Waals surface area contributed by atoms with Crippen LogP contribution >= 0.6 is 27.7 Å². The number of amides is 1. The van der Waals surface area contributed by atoms with Crippen molar-refractivity contribution >= 4 is 33.6 Å². The average molecular weight is 344 g/mol. The summed E-state index contributed by atoms with van der Waals surface area (Å²) < 4.78 is 0.857. The molecule has 0 aromatic heterocycles. The lowest BCUT2D eigenvalue weighted by molar-refractivity contribution is 0.0952. The molecule has 0 heterocycles. The van der Waals surface area contributed by atoms with Gasteiger partial charge in [0.1, 0.15) is 0 Å². The van der Waals surface area contributed by atoms with E-state index in [1.54, 1.807) is 0 Å². The summed E-state index contributed by atoms with van der Waals surface area (Å²) in [6.07, 6.45) is 6.92. The Morgan fingerprint density at radius 3 is 2.74 bits per heavy atom. The molecule has 1 aromatic rings. The van der Waals surface area contributed by atoms with Crippen LogP contribution in [-0.2, 0) is 0 Å². The number of unbranched alkanes of at least 4 members (excludes halogenated alkanes) is 3. The van der Waals surface area contributed by atoms with Crippen LogP contribution in [0.4, 0.5) is 0 Å². The summed E-state index contributed by atoms with van der Waals surface area (Å²) in [5, 5.41) is 2.98. The largest absolute Gasteiger partial charge is 0.352 e. The van der Waals surface area contributed by atoms with Crippen molar-refractivity contribution in [3.05, 3.63) is 33.8 Å². The quantitative estimate of drug-likeness (QED) is 0.708. The number of benzene rings is 1. The summed E-state index contributed by atoms with van der Waals surface area (Å²) >= 11 is 5.31. The van der Waals surface area contributed by atoms with Crippen LogP contribution in [0.3, 0.4) is 0 Å². The van der Waals surface area contributed by atoms with Crippen LogP contribution in [0.15, 0.2) is 22.7 Å². The minimum absolute atomic E-state index is 0.0136. The zero-order valence-corrected chi connectivity index (χ0v) is 14.1. The highest BCUT2D eigenvalue weighted by Gasteiger charge is 2.09. The van der Waals surface area contributed by atoms with Crippen molar-refractivity contribution < 1.29 is 4.79 Å². The highest BCUT2D eigenvalue weighted by molar-refractivity contribution is 9.10. The Kier molecular flexibility index (Phi) is 8.22. The van der Waals surface area contributed by atoms with Crippen LogP contribution in [0.1, 0.15) is 41.6 Å². The van der Waals surface area contributed by atoms with E-state index in [0.29, 0.717) is 0 Å². The number of thioether (sulfide) groups is 1. The van der Waals surface area contributed by atoms with Crippen molar-refractivity contribution in [2.24, 2.45) is 0 Å². The standard InChI is InChI=1S/C15H22BrNOS/c1-12-7-8-14(16)13(11-12)15(18)17-9-5-3-4-6-10-19-2/h7-8,11H,3-6,9-10H2,1-2H3,(H,17,18). The van der Waals surface area contributed by atoms with Gasteiger partial charge in [0.2, 0.25) is 0 Å². The second kappa shape index (κ2) is 9.43. The monoisotopic (exact) mass is 343 g/mol. The lowest BCUT2D eigenvalue weighted by Crippen LogP contribution is -2.24. The highest BCUT2D eigenvalue weighted by Crippen LogP contribution is 2.17. The van der Waals surface area contributed by atoms with Crippen LogP contribution in [0.2, 0.25) is 0 Å². The number of halogens is 1. The number of carbonyl (C=O) groups excluding carboxylic acids is 1. The van der Waals surface area contributed by atoms with Gasteiger partial charge < -0.3 is 5.32 Å². The predicted octanol–water partition coefficient (Wildman–Crippen LogP) is 4.41. The molecule has 4 heteroatoms. The molecule has 1 rings (SSSR count). The summed E-state index contributed by atoms with van der Waals surface area (Å²) in [7, 11) is 0. The van der Waals surface area contributed by atoms with Crippen molar-refractivity contribution in [3.8, 4) is 0 Å². The summed E-state index contributed by atoms with van der Waals surface area (Å²) in [6, 6.07) is 5.83. The number of hydrogen-bond acceptors (Lipinski definition) is 2. The van der Waals surface area contributed by atoms with Gasteiger partial charge in [-0.1, -0.05) is 24.5 Å². The number of nitrogens with one attached hydrogen (secondary N) is 1. The molecule has 19 heavy (non-hydrogen) atoms. The second-order valence-electron chi connectivity index (χ2n) is 4.65. The highest BCUT2D eigenvalue weighted by atomic mass is 79.9. The molecular weight excluding hydrogens is 322 g/mol. The Hall–Kier alpha value is -0.480. The van der Waals surface area contributed by atoms with Gasteiger partial charge in [-0.2, -0.15) is 11.8 Å². The smallest absolute Gasteiger partial charge is 0.252 e. The molecule has 0 aliphatic heterocycles. The van der Waals surface area contributed by atoms with Gasteiger partial charge in [-0.15, -0.1) is 0 Å². The molecule has 0 atom stereocenters. The third-order valence-corrected chi connectivity index (χ3v) is 4.32. The van der Waals surface area contributed by atoms with E-state index in [2.05, 4.69) is 27.5 Å². The third-order valence-electron chi connectivity index (χ3n) is 2.93. The Morgan fingerprint density at radius 2 is 2.00 bits per heavy atom. The number of rotatable bonds is 8. The zero-order chi connectivity index (χ0) is 14.1. The summed E-state index contributed by atoms with van der Waals surface area (Å²) in [6.45, 7) is 2.76. The summed E-state index contributed by atoms with van der Waals surface area (Å²) in [5.41, 5.74) is 1.83. The number of aryl methyl sites for hydroxylation is 1. The molecule has 1 amide bonds. The van der Waals surface area contributed by atoms with Crippen LogP contribution in [0.5, 0.6) is 0 Å². The molecule has 0 radical (unpaired) electrons.